The number of halogens is 4. The van der Waals surface area contributed by atoms with Gasteiger partial charge in [0.05, 0.1) is 44.0 Å². The van der Waals surface area contributed by atoms with Crippen LogP contribution in [0.5, 0.6) is 11.5 Å². The summed E-state index contributed by atoms with van der Waals surface area (Å²) in [5, 5.41) is 19.1. The van der Waals surface area contributed by atoms with Crippen LogP contribution in [0.3, 0.4) is 0 Å². The Kier molecular flexibility index (Phi) is 11.3. The fraction of sp³-hybridized carbons (Fsp3) is 0.250. The molecule has 0 N–H and O–H groups in total. The third-order valence-electron chi connectivity index (χ3n) is 7.18. The third kappa shape index (κ3) is 8.14. The summed E-state index contributed by atoms with van der Waals surface area (Å²) < 4.78 is 68.9. The number of carboxylic acids is 1. The number of pyridine rings is 1. The second-order valence-electron chi connectivity index (χ2n) is 10.2. The summed E-state index contributed by atoms with van der Waals surface area (Å²) in [6.07, 6.45) is 0.827. The standard InChI is InChI=1S/C32H29F4N5O4.Na/c1-20-15-24(45-14-4-13-40-19-25(44-2)17-37-40)12-10-21(20)7-8-22-9-11-23(33)16-26(22)28-5-3-6-29(39-28)41-30(32(34,35)36)27(18-38-41)31(42)43;/h3,5-6,9-12,15-19H,4,7-8,13-14H2,1-2H3,(H,42,43);/q;+1/p-1. The molecule has 0 saturated carbocycles. The Morgan fingerprint density at radius 3 is 2.43 bits per heavy atom. The Hall–Kier alpha value is -4.20. The Morgan fingerprint density at radius 2 is 1.74 bits per heavy atom. The predicted molar refractivity (Wildman–Crippen MR) is 154 cm³/mol. The first kappa shape index (κ1) is 34.7. The van der Waals surface area contributed by atoms with Gasteiger partial charge in [-0.25, -0.2) is 14.1 Å². The number of carbonyl (C=O) groups is 1. The molecule has 0 saturated heterocycles. The van der Waals surface area contributed by atoms with Crippen molar-refractivity contribution in [2.45, 2.75) is 38.9 Å². The smallest absolute Gasteiger partial charge is 0.545 e. The summed E-state index contributed by atoms with van der Waals surface area (Å²) >= 11 is 0. The van der Waals surface area contributed by atoms with E-state index in [4.69, 9.17) is 9.47 Å². The maximum absolute atomic E-state index is 14.4. The van der Waals surface area contributed by atoms with Gasteiger partial charge in [0.2, 0.25) is 0 Å². The second-order valence-corrected chi connectivity index (χ2v) is 10.2. The van der Waals surface area contributed by atoms with Crippen LogP contribution in [0.25, 0.3) is 17.1 Å². The minimum absolute atomic E-state index is 0. The van der Waals surface area contributed by atoms with E-state index in [9.17, 15) is 27.5 Å². The normalized spacial score (nSPS) is 11.3. The molecule has 0 unspecified atom stereocenters. The number of nitrogens with zero attached hydrogens (tertiary/aromatic N) is 5. The fourth-order valence-electron chi connectivity index (χ4n) is 4.94. The van der Waals surface area contributed by atoms with Crippen LogP contribution < -0.4 is 44.1 Å². The van der Waals surface area contributed by atoms with Crippen molar-refractivity contribution in [3.63, 3.8) is 0 Å². The van der Waals surface area contributed by atoms with Crippen molar-refractivity contribution >= 4 is 5.97 Å². The third-order valence-corrected chi connectivity index (χ3v) is 7.18. The van der Waals surface area contributed by atoms with Crippen LogP contribution in [0.4, 0.5) is 17.6 Å². The quantitative estimate of drug-likeness (QED) is 0.116. The number of carbonyl (C=O) groups excluding carboxylic acids is 1. The topological polar surface area (TPSA) is 107 Å². The molecule has 0 bridgehead atoms. The van der Waals surface area contributed by atoms with Crippen molar-refractivity contribution < 1.29 is 66.5 Å². The predicted octanol–water partition coefficient (Wildman–Crippen LogP) is 2.23. The zero-order valence-corrected chi connectivity index (χ0v) is 27.3. The van der Waals surface area contributed by atoms with E-state index in [1.807, 2.05) is 31.3 Å². The van der Waals surface area contributed by atoms with E-state index in [-0.39, 0.29) is 41.1 Å². The summed E-state index contributed by atoms with van der Waals surface area (Å²) in [5.74, 6) is -1.41. The zero-order chi connectivity index (χ0) is 32.1. The van der Waals surface area contributed by atoms with Gasteiger partial charge in [-0.05, 0) is 72.9 Å². The van der Waals surface area contributed by atoms with E-state index in [1.54, 1.807) is 30.1 Å². The summed E-state index contributed by atoms with van der Waals surface area (Å²) in [5.41, 5.74) is 0.748. The van der Waals surface area contributed by atoms with Gasteiger partial charge >= 0.3 is 35.7 Å². The molecule has 0 atom stereocenters. The average Bonchev–Trinajstić information content (AvgIpc) is 3.67. The molecule has 0 aliphatic rings. The number of benzene rings is 2. The Bertz CT molecular complexity index is 1820. The molecule has 234 valence electrons. The van der Waals surface area contributed by atoms with Crippen LogP contribution in [-0.2, 0) is 25.6 Å². The molecule has 46 heavy (non-hydrogen) atoms. The van der Waals surface area contributed by atoms with E-state index in [0.717, 1.165) is 28.9 Å². The Balaban J connectivity index is 0.00000480. The Labute approximate surface area is 284 Å². The summed E-state index contributed by atoms with van der Waals surface area (Å²) in [7, 11) is 1.59. The summed E-state index contributed by atoms with van der Waals surface area (Å²) in [4.78, 5) is 15.6. The van der Waals surface area contributed by atoms with Crippen molar-refractivity contribution in [2.24, 2.45) is 0 Å². The molecule has 3 aromatic heterocycles. The first-order valence-corrected chi connectivity index (χ1v) is 13.9. The number of hydrogen-bond donors (Lipinski definition) is 0. The summed E-state index contributed by atoms with van der Waals surface area (Å²) in [6, 6.07) is 14.2. The van der Waals surface area contributed by atoms with E-state index in [0.29, 0.717) is 48.2 Å². The van der Waals surface area contributed by atoms with Gasteiger partial charge < -0.3 is 19.4 Å². The number of aromatic carboxylic acids is 1. The molecule has 0 aliphatic carbocycles. The van der Waals surface area contributed by atoms with E-state index >= 15 is 0 Å². The number of carboxylic acid groups (broad SMARTS) is 1. The molecule has 2 aromatic carbocycles. The van der Waals surface area contributed by atoms with Crippen LogP contribution >= 0.6 is 0 Å². The van der Waals surface area contributed by atoms with Crippen LogP contribution in [0.15, 0.2) is 73.2 Å². The van der Waals surface area contributed by atoms with Gasteiger partial charge in [0.15, 0.2) is 17.3 Å². The minimum Gasteiger partial charge on any atom is -0.545 e. The molecule has 0 fully saturated rings. The van der Waals surface area contributed by atoms with Crippen LogP contribution in [0.2, 0.25) is 0 Å². The maximum atomic E-state index is 14.4. The molecule has 3 heterocycles. The first-order valence-electron chi connectivity index (χ1n) is 13.9. The number of hydrogen-bond acceptors (Lipinski definition) is 7. The minimum atomic E-state index is -5.04. The van der Waals surface area contributed by atoms with Crippen LogP contribution in [-0.4, -0.2) is 44.2 Å². The molecule has 5 aromatic rings. The molecule has 14 heteroatoms. The fourth-order valence-corrected chi connectivity index (χ4v) is 4.94. The van der Waals surface area contributed by atoms with Crippen molar-refractivity contribution in [2.75, 3.05) is 13.7 Å². The SMILES string of the molecule is COc1cnn(CCCOc2ccc(CCc3ccc(F)cc3-c3cccc(-n4ncc(C(=O)[O-])c4C(F)(F)F)n3)c(C)c2)c1.[Na+]. The van der Waals surface area contributed by atoms with Gasteiger partial charge in [0.25, 0.3) is 0 Å². The monoisotopic (exact) mass is 645 g/mol. The average molecular weight is 646 g/mol. The number of aromatic nitrogens is 5. The van der Waals surface area contributed by atoms with Crippen LogP contribution in [0.1, 0.15) is 39.2 Å². The number of alkyl halides is 3. The van der Waals surface area contributed by atoms with E-state index in [2.05, 4.69) is 15.2 Å². The number of methoxy groups -OCH3 is 1. The zero-order valence-electron chi connectivity index (χ0n) is 25.3. The molecule has 9 nitrogen and oxygen atoms in total. The van der Waals surface area contributed by atoms with Crippen molar-refractivity contribution in [1.82, 2.24) is 24.5 Å². The van der Waals surface area contributed by atoms with Gasteiger partial charge in [0.1, 0.15) is 11.6 Å². The largest absolute Gasteiger partial charge is 1.00 e. The summed E-state index contributed by atoms with van der Waals surface area (Å²) in [6.45, 7) is 3.16. The number of aryl methyl sites for hydroxylation is 4. The number of rotatable bonds is 12. The van der Waals surface area contributed by atoms with Crippen molar-refractivity contribution in [1.29, 1.82) is 0 Å². The Morgan fingerprint density at radius 1 is 0.978 bits per heavy atom. The van der Waals surface area contributed by atoms with Crippen molar-refractivity contribution in [3.8, 4) is 28.6 Å². The molecule has 0 radical (unpaired) electrons. The molecule has 0 spiro atoms. The molecular weight excluding hydrogens is 617 g/mol. The second kappa shape index (κ2) is 14.9. The van der Waals surface area contributed by atoms with Gasteiger partial charge in [0, 0.05) is 24.1 Å². The van der Waals surface area contributed by atoms with Crippen LogP contribution in [0, 0.1) is 12.7 Å². The maximum Gasteiger partial charge on any atom is 1.00 e. The van der Waals surface area contributed by atoms with E-state index < -0.39 is 29.2 Å². The van der Waals surface area contributed by atoms with Gasteiger partial charge in [-0.15, -0.1) is 0 Å². The van der Waals surface area contributed by atoms with Gasteiger partial charge in [-0.3, -0.25) is 4.68 Å². The van der Waals surface area contributed by atoms with Crippen molar-refractivity contribution in [3.05, 3.63) is 107 Å². The first-order chi connectivity index (χ1) is 21.5. The molecule has 0 aliphatic heterocycles. The van der Waals surface area contributed by atoms with Gasteiger partial charge in [-0.2, -0.15) is 23.4 Å². The van der Waals surface area contributed by atoms with Gasteiger partial charge in [-0.1, -0.05) is 18.2 Å². The van der Waals surface area contributed by atoms with E-state index in [1.165, 1.54) is 24.3 Å². The molecular formula is C32H28F4N5NaO4. The molecule has 5 rings (SSSR count). The molecule has 0 amide bonds. The number of ether oxygens (including phenoxy) is 2.